The molecule has 2 aromatic rings. The number of likely N-dealkylation sites (tertiary alicyclic amines) is 1. The minimum absolute atomic E-state index is 0.0195. The van der Waals surface area contributed by atoms with Crippen molar-refractivity contribution in [3.05, 3.63) is 30.0 Å². The Morgan fingerprint density at radius 1 is 1.78 bits per heavy atom. The molecule has 23 heavy (non-hydrogen) atoms. The molecule has 1 aliphatic heterocycles. The van der Waals surface area contributed by atoms with Crippen molar-refractivity contribution in [2.24, 2.45) is 5.89 Å². The number of aromatic amines is 1. The normalized spacial score (nSPS) is 34.8. The van der Waals surface area contributed by atoms with E-state index in [2.05, 4.69) is 19.8 Å². The summed E-state index contributed by atoms with van der Waals surface area (Å²) in [6.45, 7) is 2.07. The van der Waals surface area contributed by atoms with Crippen molar-refractivity contribution in [2.75, 3.05) is 31.5 Å². The third-order valence-electron chi connectivity index (χ3n) is 3.69. The molecule has 120 valence electrons. The zero-order valence-corrected chi connectivity index (χ0v) is 12.7. The molecule has 1 aliphatic rings. The van der Waals surface area contributed by atoms with Crippen LogP contribution in [-0.4, -0.2) is 58.4 Å². The number of nitrogens with zero attached hydrogens (tertiary/aromatic N) is 5. The van der Waals surface area contributed by atoms with Crippen LogP contribution in [-0.2, 0) is 4.79 Å². The van der Waals surface area contributed by atoms with Gasteiger partial charge in [-0.05, 0) is 18.4 Å². The van der Waals surface area contributed by atoms with Crippen LogP contribution in [0.1, 0.15) is 22.9 Å². The van der Waals surface area contributed by atoms with Gasteiger partial charge in [-0.1, -0.05) is 6.92 Å². The van der Waals surface area contributed by atoms with Crippen LogP contribution in [0.3, 0.4) is 0 Å². The minimum atomic E-state index is -3.00. The third-order valence-corrected chi connectivity index (χ3v) is 3.69. The monoisotopic (exact) mass is 319 g/mol. The van der Waals surface area contributed by atoms with Crippen LogP contribution >= 0.6 is 0 Å². The van der Waals surface area contributed by atoms with Gasteiger partial charge >= 0.3 is 5.91 Å². The molecule has 0 saturated carbocycles. The van der Waals surface area contributed by atoms with Gasteiger partial charge in [-0.2, -0.15) is 0 Å². The van der Waals surface area contributed by atoms with Crippen molar-refractivity contribution in [3.63, 3.8) is 0 Å². The fraction of sp³-hybridized carbons (Fsp3) is 0.500. The summed E-state index contributed by atoms with van der Waals surface area (Å²) in [5, 5.41) is 0.395. The van der Waals surface area contributed by atoms with Crippen LogP contribution < -0.4 is 4.90 Å². The molecule has 0 radical (unpaired) electrons. The van der Waals surface area contributed by atoms with E-state index in [1.54, 1.807) is 12.3 Å². The van der Waals surface area contributed by atoms with E-state index in [9.17, 15) is 4.79 Å². The second kappa shape index (κ2) is 6.24. The minimum Gasteiger partial charge on any atom is -0.354 e. The summed E-state index contributed by atoms with van der Waals surface area (Å²) in [5.41, 5.74) is 0.292. The van der Waals surface area contributed by atoms with Crippen molar-refractivity contribution in [1.29, 1.82) is 0 Å². The fourth-order valence-electron chi connectivity index (χ4n) is 2.48. The number of carbonyl (C=O) groups excluding carboxylic acids is 1. The Morgan fingerprint density at radius 3 is 3.39 bits per heavy atom. The van der Waals surface area contributed by atoms with Crippen molar-refractivity contribution in [2.45, 2.75) is 19.4 Å². The summed E-state index contributed by atoms with van der Waals surface area (Å²) in [5.74, 6) is -3.15. The third kappa shape index (κ3) is 2.84. The Morgan fingerprint density at radius 2 is 2.61 bits per heavy atom. The molecule has 1 amide bonds. The van der Waals surface area contributed by atoms with E-state index in [4.69, 9.17) is 16.2 Å². The Balaban J connectivity index is 2.19. The number of H-pyrrole nitrogens is 1. The number of fused-ring (bicyclic) bond motifs is 1. The summed E-state index contributed by atoms with van der Waals surface area (Å²) < 4.78 is 58.1. The lowest BCUT2D eigenvalue weighted by Gasteiger charge is -2.41. The first-order valence-electron chi connectivity index (χ1n) is 10.5. The van der Waals surface area contributed by atoms with E-state index < -0.39 is 30.8 Å². The number of carbonyl (C=O) groups is 1. The summed E-state index contributed by atoms with van der Waals surface area (Å²) in [7, 11) is 1.34. The van der Waals surface area contributed by atoms with Crippen LogP contribution in [0.15, 0.2) is 18.6 Å². The van der Waals surface area contributed by atoms with Crippen molar-refractivity contribution in [1.82, 2.24) is 19.9 Å². The molecule has 1 N–H and O–H groups in total. The molecule has 0 unspecified atom stereocenters. The molecule has 2 atom stereocenters. The Kier molecular flexibility index (Phi) is 2.41. The van der Waals surface area contributed by atoms with Gasteiger partial charge in [-0.25, -0.2) is 16.5 Å². The predicted molar refractivity (Wildman–Crippen MR) is 87.9 cm³/mol. The largest absolute Gasteiger partial charge is 0.354 e. The standard InChI is InChI=1S/C16H20N6O/c1-11-5-7-22(14(23)8-17-2)9-13(11)21(3)16-12-4-6-18-15(12)19-10-20-16/h4,6,10-11,13H,5,7-9H2,1,3H3,(H,18,19,20)/t11-,13+/m1/s1/i8D2,9D2,10D,11D,13D. The molecular formula is C16H20N6O. The van der Waals surface area contributed by atoms with E-state index >= 15 is 0 Å². The van der Waals surface area contributed by atoms with Crippen molar-refractivity contribution < 1.29 is 14.4 Å². The first-order valence-corrected chi connectivity index (χ1v) is 6.97. The van der Waals surface area contributed by atoms with Gasteiger partial charge in [0, 0.05) is 27.7 Å². The van der Waals surface area contributed by atoms with E-state index in [-0.39, 0.29) is 25.1 Å². The molecular weight excluding hydrogens is 292 g/mol. The van der Waals surface area contributed by atoms with E-state index in [1.807, 2.05) is 0 Å². The number of nitrogens with one attached hydrogen (secondary N) is 1. The maximum absolute atomic E-state index is 12.6. The molecule has 1 fully saturated rings. The number of anilines is 1. The Labute approximate surface area is 145 Å². The molecule has 3 rings (SSSR count). The number of piperidine rings is 1. The Bertz CT molecular complexity index is 1050. The van der Waals surface area contributed by atoms with Gasteiger partial charge in [-0.15, -0.1) is 0 Å². The number of hydrogen-bond donors (Lipinski definition) is 1. The SMILES string of the molecule is [2H]c1nc(N(C)[C@@]2([2H])C([2H])([2H])N(C(=O)C([2H])([2H])[N+]#[C-])CC[C@@]2([2H])C)c2cc[nH]c2n1. The van der Waals surface area contributed by atoms with E-state index in [1.165, 1.54) is 14.0 Å². The maximum Gasteiger partial charge on any atom is 0.302 e. The molecule has 0 bridgehead atoms. The average Bonchev–Trinajstić information content (AvgIpc) is 3.12. The van der Waals surface area contributed by atoms with E-state index in [0.717, 1.165) is 4.90 Å². The fourth-order valence-corrected chi connectivity index (χ4v) is 2.48. The number of amides is 1. The summed E-state index contributed by atoms with van der Waals surface area (Å²) in [4.78, 5) is 27.6. The molecule has 0 spiro atoms. The van der Waals surface area contributed by atoms with Gasteiger partial charge in [0.2, 0.25) is 0 Å². The number of likely N-dealkylation sites (N-methyl/N-ethyl adjacent to an activating group) is 1. The van der Waals surface area contributed by atoms with Crippen LogP contribution in [0.4, 0.5) is 5.82 Å². The highest BCUT2D eigenvalue weighted by Gasteiger charge is 2.33. The molecule has 0 aliphatic carbocycles. The average molecular weight is 319 g/mol. The molecule has 7 heteroatoms. The molecule has 1 saturated heterocycles. The van der Waals surface area contributed by atoms with Gasteiger partial charge in [0.25, 0.3) is 6.50 Å². The predicted octanol–water partition coefficient (Wildman–Crippen LogP) is 1.55. The summed E-state index contributed by atoms with van der Waals surface area (Å²) in [6, 6.07) is -0.874. The maximum atomic E-state index is 12.6. The van der Waals surface area contributed by atoms with E-state index in [0.29, 0.717) is 15.9 Å². The lowest BCUT2D eigenvalue weighted by atomic mass is 9.92. The molecule has 7 nitrogen and oxygen atoms in total. The second-order valence-electron chi connectivity index (χ2n) is 5.12. The van der Waals surface area contributed by atoms with Crippen LogP contribution in [0.2, 0.25) is 0 Å². The first-order chi connectivity index (χ1) is 13.7. The first kappa shape index (κ1) is 8.87. The van der Waals surface area contributed by atoms with Gasteiger partial charge in [-0.3, -0.25) is 4.79 Å². The molecule has 3 heterocycles. The molecule has 0 aromatic carbocycles. The lowest BCUT2D eigenvalue weighted by Crippen LogP contribution is -2.53. The number of rotatable bonds is 3. The van der Waals surface area contributed by atoms with Gasteiger partial charge < -0.3 is 19.6 Å². The smallest absolute Gasteiger partial charge is 0.302 e. The topological polar surface area (TPSA) is 69.5 Å². The zero-order valence-electron chi connectivity index (χ0n) is 19.7. The summed E-state index contributed by atoms with van der Waals surface area (Å²) in [6.07, 6.45) is 1.02. The van der Waals surface area contributed by atoms with Crippen LogP contribution in [0.5, 0.6) is 0 Å². The lowest BCUT2D eigenvalue weighted by molar-refractivity contribution is -0.130. The highest BCUT2D eigenvalue weighted by Crippen LogP contribution is 2.28. The van der Waals surface area contributed by atoms with Gasteiger partial charge in [0.1, 0.15) is 21.9 Å². The highest BCUT2D eigenvalue weighted by atomic mass is 16.2. The van der Waals surface area contributed by atoms with Crippen LogP contribution in [0.25, 0.3) is 15.9 Å². The molecule has 2 aromatic heterocycles. The van der Waals surface area contributed by atoms with Crippen molar-refractivity contribution >= 4 is 22.8 Å². The number of hydrogen-bond acceptors (Lipinski definition) is 4. The summed E-state index contributed by atoms with van der Waals surface area (Å²) >= 11 is 0. The highest BCUT2D eigenvalue weighted by molar-refractivity contribution is 5.87. The zero-order chi connectivity index (χ0) is 22.7. The second-order valence-corrected chi connectivity index (χ2v) is 5.12. The Hall–Kier alpha value is -2.62. The van der Waals surface area contributed by atoms with Crippen LogP contribution in [0, 0.1) is 12.5 Å². The van der Waals surface area contributed by atoms with Gasteiger partial charge in [0.05, 0.1) is 15.5 Å². The van der Waals surface area contributed by atoms with Gasteiger partial charge in [0.15, 0.2) is 0 Å². The van der Waals surface area contributed by atoms with Crippen molar-refractivity contribution in [3.8, 4) is 0 Å². The number of aromatic nitrogens is 3. The quantitative estimate of drug-likeness (QED) is 0.872.